The number of amides is 1. The lowest BCUT2D eigenvalue weighted by atomic mass is 10.1. The number of carbonyl (C=O) groups excluding carboxylic acids is 1. The van der Waals surface area contributed by atoms with E-state index >= 15 is 0 Å². The first-order chi connectivity index (χ1) is 7.49. The average Bonchev–Trinajstić information content (AvgIpc) is 2.16. The van der Waals surface area contributed by atoms with E-state index in [4.69, 9.17) is 11.6 Å². The minimum Gasteiger partial charge on any atom is -0.350 e. The van der Waals surface area contributed by atoms with E-state index in [1.165, 1.54) is 0 Å². The van der Waals surface area contributed by atoms with Crippen LogP contribution < -0.4 is 5.32 Å². The molecule has 2 nitrogen and oxygen atoms in total. The second-order valence-electron chi connectivity index (χ2n) is 3.90. The number of hydrogen-bond acceptors (Lipinski definition) is 1. The van der Waals surface area contributed by atoms with Crippen molar-refractivity contribution in [3.63, 3.8) is 0 Å². The van der Waals surface area contributed by atoms with Crippen molar-refractivity contribution < 1.29 is 4.79 Å². The van der Waals surface area contributed by atoms with Gasteiger partial charge in [0.25, 0.3) is 5.91 Å². The van der Waals surface area contributed by atoms with Crippen LogP contribution in [-0.2, 0) is 0 Å². The molecule has 1 aromatic carbocycles. The van der Waals surface area contributed by atoms with Gasteiger partial charge in [0.1, 0.15) is 0 Å². The van der Waals surface area contributed by atoms with Crippen molar-refractivity contribution in [3.8, 4) is 0 Å². The van der Waals surface area contributed by atoms with Gasteiger partial charge in [0.05, 0.1) is 0 Å². The molecule has 2 unspecified atom stereocenters. The maximum Gasteiger partial charge on any atom is 0.251 e. The van der Waals surface area contributed by atoms with Crippen molar-refractivity contribution in [2.75, 3.05) is 0 Å². The van der Waals surface area contributed by atoms with Crippen LogP contribution in [0.1, 0.15) is 30.6 Å². The Balaban J connectivity index is 2.55. The summed E-state index contributed by atoms with van der Waals surface area (Å²) in [5.41, 5.74) is 0.689. The smallest absolute Gasteiger partial charge is 0.251 e. The summed E-state index contributed by atoms with van der Waals surface area (Å²) >= 11 is 8.08. The first kappa shape index (κ1) is 13.8. The van der Waals surface area contributed by atoms with E-state index < -0.39 is 0 Å². The molecule has 0 radical (unpaired) electrons. The molecule has 2 atom stereocenters. The highest BCUT2D eigenvalue weighted by Gasteiger charge is 2.11. The second kappa shape index (κ2) is 6.45. The maximum absolute atomic E-state index is 11.8. The van der Waals surface area contributed by atoms with E-state index in [-0.39, 0.29) is 17.3 Å². The fraction of sp³-hybridized carbons (Fsp3) is 0.417. The summed E-state index contributed by atoms with van der Waals surface area (Å²) in [6.07, 6.45) is 0.775. The van der Waals surface area contributed by atoms with Crippen LogP contribution >= 0.6 is 34.2 Å². The third-order valence-corrected chi connectivity index (χ3v) is 3.06. The number of halogens is 2. The molecule has 0 aliphatic heterocycles. The fourth-order valence-corrected chi connectivity index (χ4v) is 2.08. The molecular weight excluding hydrogens is 336 g/mol. The summed E-state index contributed by atoms with van der Waals surface area (Å²) in [6, 6.07) is 7.59. The van der Waals surface area contributed by atoms with Gasteiger partial charge in [-0.25, -0.2) is 0 Å². The van der Waals surface area contributed by atoms with Crippen LogP contribution in [0.3, 0.4) is 0 Å². The van der Waals surface area contributed by atoms with Gasteiger partial charge < -0.3 is 5.32 Å². The lowest BCUT2D eigenvalue weighted by molar-refractivity contribution is 0.0938. The molecule has 0 bridgehead atoms. The number of benzene rings is 1. The van der Waals surface area contributed by atoms with E-state index in [0.29, 0.717) is 5.56 Å². The monoisotopic (exact) mass is 351 g/mol. The van der Waals surface area contributed by atoms with Crippen LogP contribution in [0.2, 0.25) is 0 Å². The Morgan fingerprint density at radius 2 is 1.94 bits per heavy atom. The molecule has 1 amide bonds. The Kier molecular flexibility index (Phi) is 5.55. The first-order valence-electron chi connectivity index (χ1n) is 5.19. The highest BCUT2D eigenvalue weighted by atomic mass is 127. The molecule has 0 heterocycles. The molecule has 0 saturated heterocycles. The Morgan fingerprint density at radius 1 is 1.38 bits per heavy atom. The number of rotatable bonds is 4. The lowest BCUT2D eigenvalue weighted by Gasteiger charge is -2.14. The van der Waals surface area contributed by atoms with Crippen molar-refractivity contribution in [2.24, 2.45) is 0 Å². The Morgan fingerprint density at radius 3 is 2.44 bits per heavy atom. The van der Waals surface area contributed by atoms with Crippen molar-refractivity contribution in [1.82, 2.24) is 5.32 Å². The van der Waals surface area contributed by atoms with E-state index in [1.54, 1.807) is 0 Å². The lowest BCUT2D eigenvalue weighted by Crippen LogP contribution is -2.33. The van der Waals surface area contributed by atoms with Gasteiger partial charge in [-0.1, -0.05) is 0 Å². The van der Waals surface area contributed by atoms with Crippen LogP contribution in [0, 0.1) is 3.57 Å². The van der Waals surface area contributed by atoms with Crippen molar-refractivity contribution >= 4 is 40.1 Å². The highest BCUT2D eigenvalue weighted by Crippen LogP contribution is 2.08. The van der Waals surface area contributed by atoms with Crippen LogP contribution in [0.15, 0.2) is 24.3 Å². The molecular formula is C12H15ClINO. The van der Waals surface area contributed by atoms with Crippen LogP contribution in [0.5, 0.6) is 0 Å². The zero-order valence-electron chi connectivity index (χ0n) is 9.34. The molecule has 1 rings (SSSR count). The zero-order valence-corrected chi connectivity index (χ0v) is 12.2. The van der Waals surface area contributed by atoms with Crippen molar-refractivity contribution in [1.29, 1.82) is 0 Å². The standard InChI is InChI=1S/C12H15ClINO/c1-8(13)7-9(2)15-12(16)10-3-5-11(14)6-4-10/h3-6,8-9H,7H2,1-2H3,(H,15,16). The number of alkyl halides is 1. The van der Waals surface area contributed by atoms with Crippen LogP contribution in [-0.4, -0.2) is 17.3 Å². The fourth-order valence-electron chi connectivity index (χ4n) is 1.45. The topological polar surface area (TPSA) is 29.1 Å². The van der Waals surface area contributed by atoms with Crippen LogP contribution in [0.25, 0.3) is 0 Å². The molecule has 1 N–H and O–H groups in total. The normalized spacial score (nSPS) is 14.2. The molecule has 0 fully saturated rings. The van der Waals surface area contributed by atoms with Gasteiger partial charge in [-0.15, -0.1) is 11.6 Å². The number of nitrogens with one attached hydrogen (secondary N) is 1. The molecule has 16 heavy (non-hydrogen) atoms. The first-order valence-corrected chi connectivity index (χ1v) is 6.71. The van der Waals surface area contributed by atoms with Gasteiger partial charge in [0.15, 0.2) is 0 Å². The molecule has 0 aliphatic rings. The molecule has 0 spiro atoms. The number of carbonyl (C=O) groups is 1. The van der Waals surface area contributed by atoms with Crippen molar-refractivity contribution in [2.45, 2.75) is 31.7 Å². The predicted octanol–water partition coefficient (Wildman–Crippen LogP) is 3.43. The van der Waals surface area contributed by atoms with Gasteiger partial charge >= 0.3 is 0 Å². The summed E-state index contributed by atoms with van der Waals surface area (Å²) < 4.78 is 1.12. The minimum absolute atomic E-state index is 0.0405. The molecule has 88 valence electrons. The van der Waals surface area contributed by atoms with E-state index in [9.17, 15) is 4.79 Å². The Labute approximate surface area is 115 Å². The molecule has 4 heteroatoms. The SMILES string of the molecule is CC(Cl)CC(C)NC(=O)c1ccc(I)cc1. The van der Waals surface area contributed by atoms with Gasteiger partial charge in [-0.3, -0.25) is 4.79 Å². The van der Waals surface area contributed by atoms with Crippen LogP contribution in [0.4, 0.5) is 0 Å². The second-order valence-corrected chi connectivity index (χ2v) is 5.89. The third kappa shape index (κ3) is 4.70. The maximum atomic E-state index is 11.8. The summed E-state index contributed by atoms with van der Waals surface area (Å²) in [4.78, 5) is 11.8. The largest absolute Gasteiger partial charge is 0.350 e. The molecule has 0 aliphatic carbocycles. The van der Waals surface area contributed by atoms with Gasteiger partial charge in [-0.05, 0) is 67.1 Å². The minimum atomic E-state index is -0.0405. The highest BCUT2D eigenvalue weighted by molar-refractivity contribution is 14.1. The number of hydrogen-bond donors (Lipinski definition) is 1. The third-order valence-electron chi connectivity index (χ3n) is 2.16. The predicted molar refractivity (Wildman–Crippen MR) is 76.0 cm³/mol. The van der Waals surface area contributed by atoms with E-state index in [1.807, 2.05) is 38.1 Å². The summed E-state index contributed by atoms with van der Waals surface area (Å²) in [5.74, 6) is -0.0405. The summed E-state index contributed by atoms with van der Waals surface area (Å²) in [7, 11) is 0. The summed E-state index contributed by atoms with van der Waals surface area (Å²) in [5, 5.41) is 3.00. The quantitative estimate of drug-likeness (QED) is 0.653. The average molecular weight is 352 g/mol. The molecule has 1 aromatic rings. The van der Waals surface area contributed by atoms with Gasteiger partial charge in [0.2, 0.25) is 0 Å². The van der Waals surface area contributed by atoms with E-state index in [2.05, 4.69) is 27.9 Å². The molecule has 0 aromatic heterocycles. The van der Waals surface area contributed by atoms with E-state index in [0.717, 1.165) is 9.99 Å². The van der Waals surface area contributed by atoms with Gasteiger partial charge in [0, 0.05) is 20.6 Å². The summed E-state index contributed by atoms with van der Waals surface area (Å²) in [6.45, 7) is 3.89. The molecule has 0 saturated carbocycles. The Bertz CT molecular complexity index is 351. The van der Waals surface area contributed by atoms with Gasteiger partial charge in [-0.2, -0.15) is 0 Å². The zero-order chi connectivity index (χ0) is 12.1. The Hall–Kier alpha value is -0.290. The van der Waals surface area contributed by atoms with Crippen molar-refractivity contribution in [3.05, 3.63) is 33.4 Å².